The zero-order valence-electron chi connectivity index (χ0n) is 13.2. The van der Waals surface area contributed by atoms with Gasteiger partial charge in [0, 0.05) is 33.2 Å². The van der Waals surface area contributed by atoms with Gasteiger partial charge in [-0.3, -0.25) is 4.90 Å². The van der Waals surface area contributed by atoms with Crippen LogP contribution in [0.2, 0.25) is 0 Å². The molecule has 2 aromatic rings. The van der Waals surface area contributed by atoms with E-state index in [0.29, 0.717) is 18.7 Å². The summed E-state index contributed by atoms with van der Waals surface area (Å²) in [5, 5.41) is 4.32. The van der Waals surface area contributed by atoms with Crippen LogP contribution in [0.4, 0.5) is 19.7 Å². The van der Waals surface area contributed by atoms with Crippen LogP contribution in [0.1, 0.15) is 12.8 Å². The highest BCUT2D eigenvalue weighted by Crippen LogP contribution is 2.31. The van der Waals surface area contributed by atoms with Gasteiger partial charge in [0.05, 0.1) is 6.54 Å². The minimum atomic E-state index is -2.26. The lowest BCUT2D eigenvalue weighted by atomic mass is 10.1. The van der Waals surface area contributed by atoms with Crippen LogP contribution < -0.4 is 10.2 Å². The van der Waals surface area contributed by atoms with E-state index in [4.69, 9.17) is 0 Å². The monoisotopic (exact) mass is 342 g/mol. The number of nitrogens with one attached hydrogen (secondary N) is 1. The summed E-state index contributed by atoms with van der Waals surface area (Å²) in [5.41, 5.74) is 0.686. The number of hydrogen-bond acceptors (Lipinski definition) is 7. The molecule has 0 radical (unpaired) electrons. The Labute approximate surface area is 137 Å². The zero-order valence-corrected chi connectivity index (χ0v) is 14.0. The molecular weight excluding hydrogens is 322 g/mol. The van der Waals surface area contributed by atoms with E-state index in [1.165, 1.54) is 6.33 Å². The first kappa shape index (κ1) is 16.3. The van der Waals surface area contributed by atoms with E-state index in [1.54, 1.807) is 11.3 Å². The Bertz CT molecular complexity index is 654. The molecule has 0 aliphatic carbocycles. The number of hydrogen-bond donors (Lipinski definition) is 1. The van der Waals surface area contributed by atoms with Crippen molar-refractivity contribution in [3.63, 3.8) is 0 Å². The van der Waals surface area contributed by atoms with Crippen molar-refractivity contribution in [2.75, 3.05) is 43.9 Å². The van der Waals surface area contributed by atoms with Crippen molar-refractivity contribution in [2.24, 2.45) is 0 Å². The predicted octanol–water partition coefficient (Wildman–Crippen LogP) is 2.29. The molecule has 0 bridgehead atoms. The maximum Gasteiger partial charge on any atom is 0.251 e. The summed E-state index contributed by atoms with van der Waals surface area (Å²) in [6.07, 6.45) is 0.910. The summed E-state index contributed by atoms with van der Waals surface area (Å²) < 4.78 is 25.8. The molecule has 23 heavy (non-hydrogen) atoms. The molecule has 1 saturated heterocycles. The summed E-state index contributed by atoms with van der Waals surface area (Å²) in [4.78, 5) is 16.8. The van der Waals surface area contributed by atoms with E-state index < -0.39 is 6.43 Å². The molecule has 3 rings (SSSR count). The van der Waals surface area contributed by atoms with Gasteiger partial charge in [-0.05, 0) is 12.8 Å². The minimum absolute atomic E-state index is 0.133. The van der Waals surface area contributed by atoms with Crippen molar-refractivity contribution in [3.05, 3.63) is 6.33 Å². The minimum Gasteiger partial charge on any atom is -0.366 e. The molecule has 1 N–H and O–H groups in total. The Kier molecular flexibility index (Phi) is 4.86. The average molecular weight is 342 g/mol. The molecule has 9 heteroatoms. The van der Waals surface area contributed by atoms with Gasteiger partial charge in [-0.1, -0.05) is 11.3 Å². The fraction of sp³-hybridized carbons (Fsp3) is 0.643. The molecule has 6 nitrogen and oxygen atoms in total. The van der Waals surface area contributed by atoms with Crippen molar-refractivity contribution in [2.45, 2.75) is 25.3 Å². The number of alkyl halides is 2. The quantitative estimate of drug-likeness (QED) is 0.900. The lowest BCUT2D eigenvalue weighted by Gasteiger charge is -2.32. The van der Waals surface area contributed by atoms with Crippen molar-refractivity contribution in [3.8, 4) is 0 Å². The summed E-state index contributed by atoms with van der Waals surface area (Å²) in [5.74, 6) is 0.785. The van der Waals surface area contributed by atoms with Crippen LogP contribution in [-0.2, 0) is 0 Å². The van der Waals surface area contributed by atoms with E-state index in [1.807, 2.05) is 23.9 Å². The third kappa shape index (κ3) is 3.84. The van der Waals surface area contributed by atoms with E-state index in [0.717, 1.165) is 28.5 Å². The number of aromatic nitrogens is 3. The second kappa shape index (κ2) is 6.88. The number of anilines is 2. The van der Waals surface area contributed by atoms with Gasteiger partial charge >= 0.3 is 0 Å². The molecule has 1 aliphatic rings. The van der Waals surface area contributed by atoms with Crippen LogP contribution >= 0.6 is 11.3 Å². The normalized spacial score (nSPS) is 17.1. The molecular formula is C14H20F2N6S. The second-order valence-electron chi connectivity index (χ2n) is 5.88. The number of thiazole rings is 1. The van der Waals surface area contributed by atoms with Crippen LogP contribution in [0.25, 0.3) is 10.3 Å². The van der Waals surface area contributed by atoms with Crippen molar-refractivity contribution in [1.82, 2.24) is 19.9 Å². The Balaban J connectivity index is 1.68. The van der Waals surface area contributed by atoms with Crippen LogP contribution in [-0.4, -0.2) is 66.0 Å². The van der Waals surface area contributed by atoms with Gasteiger partial charge in [0.2, 0.25) is 0 Å². The first-order valence-corrected chi connectivity index (χ1v) is 8.40. The van der Waals surface area contributed by atoms with E-state index in [9.17, 15) is 8.78 Å². The van der Waals surface area contributed by atoms with Gasteiger partial charge in [0.25, 0.3) is 6.43 Å². The summed E-state index contributed by atoms with van der Waals surface area (Å²) in [6, 6.07) is 0.243. The van der Waals surface area contributed by atoms with Crippen LogP contribution in [0.5, 0.6) is 0 Å². The largest absolute Gasteiger partial charge is 0.366 e. The van der Waals surface area contributed by atoms with Gasteiger partial charge < -0.3 is 10.2 Å². The van der Waals surface area contributed by atoms with E-state index in [2.05, 4.69) is 20.3 Å². The number of likely N-dealkylation sites (tertiary alicyclic amines) is 1. The molecule has 0 saturated carbocycles. The number of halogens is 2. The number of fused-ring (bicyclic) bond motifs is 1. The lowest BCUT2D eigenvalue weighted by Crippen LogP contribution is -2.41. The maximum atomic E-state index is 12.4. The van der Waals surface area contributed by atoms with E-state index >= 15 is 0 Å². The highest BCUT2D eigenvalue weighted by Gasteiger charge is 2.22. The van der Waals surface area contributed by atoms with Crippen LogP contribution in [0, 0.1) is 0 Å². The maximum absolute atomic E-state index is 12.4. The summed E-state index contributed by atoms with van der Waals surface area (Å²) in [6.45, 7) is 1.23. The molecule has 0 unspecified atom stereocenters. The first-order valence-electron chi connectivity index (χ1n) is 7.59. The Hall–Kier alpha value is -1.61. The molecule has 1 aliphatic heterocycles. The molecule has 2 aromatic heterocycles. The molecule has 126 valence electrons. The van der Waals surface area contributed by atoms with Crippen molar-refractivity contribution < 1.29 is 8.78 Å². The molecule has 0 atom stereocenters. The second-order valence-corrected chi connectivity index (χ2v) is 6.85. The Morgan fingerprint density at radius 3 is 2.74 bits per heavy atom. The number of rotatable bonds is 5. The third-order valence-corrected chi connectivity index (χ3v) is 5.11. The van der Waals surface area contributed by atoms with Crippen LogP contribution in [0.3, 0.4) is 0 Å². The predicted molar refractivity (Wildman–Crippen MR) is 88.6 cm³/mol. The zero-order chi connectivity index (χ0) is 16.4. The number of nitrogens with zero attached hydrogens (tertiary/aromatic N) is 5. The fourth-order valence-electron chi connectivity index (χ4n) is 2.69. The number of piperidine rings is 1. The molecule has 1 fully saturated rings. The highest BCUT2D eigenvalue weighted by atomic mass is 32.1. The SMILES string of the molecule is CN(C)c1nc2ncnc(NC3CCN(CC(F)F)CC3)c2s1. The molecule has 3 heterocycles. The van der Waals surface area contributed by atoms with Crippen LogP contribution in [0.15, 0.2) is 6.33 Å². The lowest BCUT2D eigenvalue weighted by molar-refractivity contribution is 0.0769. The smallest absolute Gasteiger partial charge is 0.251 e. The fourth-order valence-corrected chi connectivity index (χ4v) is 3.58. The average Bonchev–Trinajstić information content (AvgIpc) is 2.94. The third-order valence-electron chi connectivity index (χ3n) is 3.89. The standard InChI is InChI=1S/C14H20F2N6S/c1-21(2)14-20-13-11(23-14)12(17-8-18-13)19-9-3-5-22(6-4-9)7-10(15)16/h8-10H,3-7H2,1-2H3,(H,17,18,19). The first-order chi connectivity index (χ1) is 11.0. The summed E-state index contributed by atoms with van der Waals surface area (Å²) in [7, 11) is 3.88. The topological polar surface area (TPSA) is 57.2 Å². The van der Waals surface area contributed by atoms with Crippen molar-refractivity contribution >= 4 is 32.6 Å². The summed E-state index contributed by atoms with van der Waals surface area (Å²) >= 11 is 1.55. The van der Waals surface area contributed by atoms with Gasteiger partial charge in [-0.25, -0.2) is 18.7 Å². The molecule has 0 amide bonds. The van der Waals surface area contributed by atoms with Gasteiger partial charge in [-0.15, -0.1) is 0 Å². The molecule has 0 spiro atoms. The van der Waals surface area contributed by atoms with E-state index in [-0.39, 0.29) is 12.6 Å². The highest BCUT2D eigenvalue weighted by molar-refractivity contribution is 7.22. The molecule has 0 aromatic carbocycles. The van der Waals surface area contributed by atoms with Gasteiger partial charge in [0.1, 0.15) is 16.8 Å². The Morgan fingerprint density at radius 2 is 2.09 bits per heavy atom. The van der Waals surface area contributed by atoms with Crippen molar-refractivity contribution in [1.29, 1.82) is 0 Å². The van der Waals surface area contributed by atoms with Gasteiger partial charge in [-0.2, -0.15) is 4.98 Å². The Morgan fingerprint density at radius 1 is 1.35 bits per heavy atom. The van der Waals surface area contributed by atoms with Gasteiger partial charge in [0.15, 0.2) is 10.8 Å².